The van der Waals surface area contributed by atoms with Crippen LogP contribution in [-0.4, -0.2) is 66.8 Å². The van der Waals surface area contributed by atoms with Crippen molar-refractivity contribution in [2.75, 3.05) is 30.3 Å². The van der Waals surface area contributed by atoms with E-state index in [1.54, 1.807) is 24.9 Å². The molecule has 0 aromatic carbocycles. The summed E-state index contributed by atoms with van der Waals surface area (Å²) in [6, 6.07) is 0.0698. The van der Waals surface area contributed by atoms with Crippen LogP contribution in [0.25, 0.3) is 0 Å². The number of nitrogens with two attached hydrogens (primary N) is 1. The third kappa shape index (κ3) is 6.03. The highest BCUT2D eigenvalue weighted by Gasteiger charge is 2.24. The zero-order valence-corrected chi connectivity index (χ0v) is 18.4. The zero-order chi connectivity index (χ0) is 23.3. The highest BCUT2D eigenvalue weighted by molar-refractivity contribution is 5.97. The summed E-state index contributed by atoms with van der Waals surface area (Å²) in [5.41, 5.74) is 5.41. The number of hydrogen-bond donors (Lipinski definition) is 4. The molecule has 32 heavy (non-hydrogen) atoms. The first kappa shape index (κ1) is 23.2. The number of nitrogens with one attached hydrogen (secondary N) is 2. The Hall–Kier alpha value is -3.47. The minimum atomic E-state index is -0.854. The molecule has 11 nitrogen and oxygen atoms in total. The van der Waals surface area contributed by atoms with Crippen LogP contribution >= 0.6 is 0 Å². The normalized spacial score (nSPS) is 16.5. The van der Waals surface area contributed by atoms with Gasteiger partial charge in [0.2, 0.25) is 11.9 Å². The Kier molecular flexibility index (Phi) is 7.08. The Morgan fingerprint density at radius 1 is 1.41 bits per heavy atom. The number of aliphatic hydroxyl groups is 1. The van der Waals surface area contributed by atoms with Crippen LogP contribution in [0.4, 0.5) is 17.5 Å². The smallest absolute Gasteiger partial charge is 0.254 e. The average Bonchev–Trinajstić information content (AvgIpc) is 3.21. The maximum atomic E-state index is 11.9. The van der Waals surface area contributed by atoms with E-state index in [0.717, 1.165) is 19.4 Å². The summed E-state index contributed by atoms with van der Waals surface area (Å²) in [6.45, 7) is 8.65. The van der Waals surface area contributed by atoms with Crippen molar-refractivity contribution in [2.24, 2.45) is 5.73 Å². The molecule has 5 N–H and O–H groups in total. The second kappa shape index (κ2) is 9.77. The van der Waals surface area contributed by atoms with Gasteiger partial charge in [-0.05, 0) is 39.2 Å². The number of carbonyl (C=O) groups excluding carboxylic acids is 2. The van der Waals surface area contributed by atoms with Crippen molar-refractivity contribution in [3.05, 3.63) is 36.8 Å². The highest BCUT2D eigenvalue weighted by atomic mass is 16.3. The van der Waals surface area contributed by atoms with Crippen LogP contribution in [0.1, 0.15) is 49.5 Å². The van der Waals surface area contributed by atoms with Gasteiger partial charge >= 0.3 is 0 Å². The predicted octanol–water partition coefficient (Wildman–Crippen LogP) is 1.44. The molecule has 0 unspecified atom stereocenters. The summed E-state index contributed by atoms with van der Waals surface area (Å²) in [7, 11) is 0. The van der Waals surface area contributed by atoms with Crippen molar-refractivity contribution in [2.45, 2.75) is 44.8 Å². The van der Waals surface area contributed by atoms with E-state index in [4.69, 9.17) is 5.73 Å². The molecular weight excluding hydrogens is 412 g/mol. The van der Waals surface area contributed by atoms with Crippen LogP contribution in [0, 0.1) is 0 Å². The third-order valence-electron chi connectivity index (χ3n) is 5.20. The maximum absolute atomic E-state index is 11.9. The second-order valence-electron chi connectivity index (χ2n) is 8.43. The van der Waals surface area contributed by atoms with Gasteiger partial charge in [0.1, 0.15) is 5.82 Å². The monoisotopic (exact) mass is 442 g/mol. The fraction of sp³-hybridized carbons (Fsp3) is 0.476. The van der Waals surface area contributed by atoms with Gasteiger partial charge in [0.25, 0.3) is 5.91 Å². The van der Waals surface area contributed by atoms with E-state index in [1.807, 2.05) is 10.9 Å². The molecule has 2 aromatic heterocycles. The van der Waals surface area contributed by atoms with E-state index < -0.39 is 11.5 Å². The van der Waals surface area contributed by atoms with E-state index in [9.17, 15) is 14.7 Å². The van der Waals surface area contributed by atoms with Crippen LogP contribution < -0.4 is 16.4 Å². The molecule has 172 valence electrons. The number of anilines is 3. The number of aromatic nitrogens is 4. The van der Waals surface area contributed by atoms with Crippen molar-refractivity contribution in [1.82, 2.24) is 24.6 Å². The molecule has 0 spiro atoms. The lowest BCUT2D eigenvalue weighted by Crippen LogP contribution is -2.39. The highest BCUT2D eigenvalue weighted by Crippen LogP contribution is 2.24. The van der Waals surface area contributed by atoms with Crippen molar-refractivity contribution in [3.8, 4) is 0 Å². The number of carbonyl (C=O) groups is 2. The van der Waals surface area contributed by atoms with Gasteiger partial charge in [-0.25, -0.2) is 4.98 Å². The van der Waals surface area contributed by atoms with E-state index >= 15 is 0 Å². The van der Waals surface area contributed by atoms with E-state index in [0.29, 0.717) is 25.2 Å². The molecule has 0 bridgehead atoms. The SMILES string of the molecule is C=CC(=O)N1CCC[C@@H](n2cc(Nc3ncc(C(N)=O)c(NCCC(C)(C)O)n3)cn2)C1. The van der Waals surface area contributed by atoms with Gasteiger partial charge in [-0.15, -0.1) is 0 Å². The summed E-state index contributed by atoms with van der Waals surface area (Å²) >= 11 is 0. The van der Waals surface area contributed by atoms with Gasteiger partial charge in [-0.2, -0.15) is 10.1 Å². The molecule has 3 rings (SSSR count). The van der Waals surface area contributed by atoms with Gasteiger partial charge in [0.05, 0.1) is 29.1 Å². The molecule has 2 amide bonds. The van der Waals surface area contributed by atoms with Gasteiger partial charge < -0.3 is 26.4 Å². The van der Waals surface area contributed by atoms with Crippen molar-refractivity contribution < 1.29 is 14.7 Å². The summed E-state index contributed by atoms with van der Waals surface area (Å²) in [4.78, 5) is 33.9. The fourth-order valence-corrected chi connectivity index (χ4v) is 3.48. The van der Waals surface area contributed by atoms with Crippen molar-refractivity contribution in [1.29, 1.82) is 0 Å². The average molecular weight is 443 g/mol. The van der Waals surface area contributed by atoms with Crippen LogP contribution in [0.3, 0.4) is 0 Å². The molecule has 1 fully saturated rings. The van der Waals surface area contributed by atoms with E-state index in [2.05, 4.69) is 32.3 Å². The number of hydrogen-bond acceptors (Lipinski definition) is 8. The molecule has 11 heteroatoms. The summed E-state index contributed by atoms with van der Waals surface area (Å²) < 4.78 is 1.82. The first-order valence-corrected chi connectivity index (χ1v) is 10.5. The molecule has 3 heterocycles. The molecular formula is C21H30N8O3. The molecule has 2 aromatic rings. The third-order valence-corrected chi connectivity index (χ3v) is 5.20. The Balaban J connectivity index is 1.70. The molecule has 1 atom stereocenters. The zero-order valence-electron chi connectivity index (χ0n) is 18.4. The number of piperidine rings is 1. The molecule has 1 aliphatic rings. The second-order valence-corrected chi connectivity index (χ2v) is 8.43. The quantitative estimate of drug-likeness (QED) is 0.426. The number of primary amides is 1. The predicted molar refractivity (Wildman–Crippen MR) is 121 cm³/mol. The Morgan fingerprint density at radius 2 is 2.19 bits per heavy atom. The molecule has 0 aliphatic carbocycles. The van der Waals surface area contributed by atoms with Crippen molar-refractivity contribution in [3.63, 3.8) is 0 Å². The molecule has 0 saturated carbocycles. The Morgan fingerprint density at radius 3 is 2.88 bits per heavy atom. The van der Waals surface area contributed by atoms with Crippen LogP contribution in [-0.2, 0) is 4.79 Å². The number of amides is 2. The summed E-state index contributed by atoms with van der Waals surface area (Å²) in [5.74, 6) is -0.163. The largest absolute Gasteiger partial charge is 0.390 e. The van der Waals surface area contributed by atoms with Gasteiger partial charge in [-0.1, -0.05) is 6.58 Å². The standard InChI is InChI=1S/C21H30N8O3/c1-4-17(30)28-9-5-6-15(13-28)29-12-14(10-25-29)26-20-24-11-16(18(22)31)19(27-20)23-8-7-21(2,3)32/h4,10-12,15,32H,1,5-9,13H2,2-3H3,(H2,22,31)(H2,23,24,26,27)/t15-/m1/s1. The first-order valence-electron chi connectivity index (χ1n) is 10.5. The van der Waals surface area contributed by atoms with E-state index in [-0.39, 0.29) is 29.3 Å². The Labute approximate surface area is 186 Å². The van der Waals surface area contributed by atoms with Crippen molar-refractivity contribution >= 4 is 29.3 Å². The summed E-state index contributed by atoms with van der Waals surface area (Å²) in [5, 5.41) is 20.4. The summed E-state index contributed by atoms with van der Waals surface area (Å²) in [6.07, 6.45) is 8.44. The minimum Gasteiger partial charge on any atom is -0.390 e. The van der Waals surface area contributed by atoms with Gasteiger partial charge in [0, 0.05) is 32.0 Å². The minimum absolute atomic E-state index is 0.0698. The number of nitrogens with zero attached hydrogens (tertiary/aromatic N) is 5. The van der Waals surface area contributed by atoms with Crippen LogP contribution in [0.15, 0.2) is 31.2 Å². The lowest BCUT2D eigenvalue weighted by molar-refractivity contribution is -0.127. The molecule has 1 aliphatic heterocycles. The number of rotatable bonds is 9. The van der Waals surface area contributed by atoms with Crippen LogP contribution in [0.2, 0.25) is 0 Å². The van der Waals surface area contributed by atoms with Gasteiger partial charge in [0.15, 0.2) is 0 Å². The number of likely N-dealkylation sites (tertiary alicyclic amines) is 1. The molecule has 1 saturated heterocycles. The maximum Gasteiger partial charge on any atom is 0.254 e. The Bertz CT molecular complexity index is 982. The lowest BCUT2D eigenvalue weighted by Gasteiger charge is -2.32. The first-order chi connectivity index (χ1) is 15.2. The topological polar surface area (TPSA) is 151 Å². The van der Waals surface area contributed by atoms with E-state index in [1.165, 1.54) is 12.3 Å². The fourth-order valence-electron chi connectivity index (χ4n) is 3.48. The lowest BCUT2D eigenvalue weighted by atomic mass is 10.1. The van der Waals surface area contributed by atoms with Crippen LogP contribution in [0.5, 0.6) is 0 Å². The van der Waals surface area contributed by atoms with Gasteiger partial charge in [-0.3, -0.25) is 14.3 Å². The molecule has 0 radical (unpaired) electrons.